The zero-order valence-corrected chi connectivity index (χ0v) is 22.2. The lowest BCUT2D eigenvalue weighted by atomic mass is 10.0. The van der Waals surface area contributed by atoms with E-state index < -0.39 is 92.0 Å². The molecule has 0 aliphatic carbocycles. The number of rotatable bonds is 8. The van der Waals surface area contributed by atoms with Gasteiger partial charge in [0.1, 0.15) is 52.0 Å². The Balaban J connectivity index is 1.61. The van der Waals surface area contributed by atoms with Crippen LogP contribution >= 0.6 is 0 Å². The fourth-order valence-electron chi connectivity index (χ4n) is 3.93. The summed E-state index contributed by atoms with van der Waals surface area (Å²) in [6.07, 6.45) is -3.48. The predicted octanol–water partition coefficient (Wildman–Crippen LogP) is 9.31. The highest BCUT2D eigenvalue weighted by Gasteiger charge is 2.41. The quantitative estimate of drug-likeness (QED) is 0.0837. The summed E-state index contributed by atoms with van der Waals surface area (Å²) < 4.78 is 166. The summed E-state index contributed by atoms with van der Waals surface area (Å²) in [4.78, 5) is 0. The lowest BCUT2D eigenvalue weighted by Crippen LogP contribution is -2.25. The second-order valence-electron chi connectivity index (χ2n) is 9.16. The van der Waals surface area contributed by atoms with Gasteiger partial charge in [-0.25, -0.2) is 39.5 Å². The average molecular weight is 630 g/mol. The molecule has 0 fully saturated rings. The van der Waals surface area contributed by atoms with Crippen LogP contribution in [-0.4, -0.2) is 6.61 Å². The molecule has 4 rings (SSSR count). The van der Waals surface area contributed by atoms with E-state index in [0.717, 1.165) is 18.6 Å². The fraction of sp³-hybridized carbons (Fsp3) is 0.161. The van der Waals surface area contributed by atoms with E-state index in [1.54, 1.807) is 0 Å². The monoisotopic (exact) mass is 630 g/mol. The molecule has 0 radical (unpaired) electrons. The molecular formula is C31H17F11O2. The highest BCUT2D eigenvalue weighted by atomic mass is 19.3. The zero-order valence-electron chi connectivity index (χ0n) is 22.2. The van der Waals surface area contributed by atoms with E-state index in [1.807, 2.05) is 18.8 Å². The van der Waals surface area contributed by atoms with Crippen molar-refractivity contribution in [2.75, 3.05) is 6.61 Å². The van der Waals surface area contributed by atoms with Crippen molar-refractivity contribution in [1.29, 1.82) is 0 Å². The van der Waals surface area contributed by atoms with Gasteiger partial charge in [-0.15, -0.1) is 0 Å². The SMILES string of the molecule is CCCCOc1cc(F)c(-c2cc(F)c(C#Cc3cc(F)c(C(F)(F)Oc4cc(F)c(F)c(F)c4)c(F)c3)c(F)c2)c(F)c1. The van der Waals surface area contributed by atoms with Crippen LogP contribution in [0.15, 0.2) is 48.5 Å². The van der Waals surface area contributed by atoms with Gasteiger partial charge in [0.15, 0.2) is 17.5 Å². The summed E-state index contributed by atoms with van der Waals surface area (Å²) in [7, 11) is 0. The van der Waals surface area contributed by atoms with Crippen molar-refractivity contribution >= 4 is 0 Å². The third-order valence-electron chi connectivity index (χ3n) is 5.98. The second-order valence-corrected chi connectivity index (χ2v) is 9.16. The summed E-state index contributed by atoms with van der Waals surface area (Å²) in [6, 6.07) is 3.38. The molecule has 0 N–H and O–H groups in total. The topological polar surface area (TPSA) is 18.5 Å². The van der Waals surface area contributed by atoms with Crippen LogP contribution < -0.4 is 9.47 Å². The fourth-order valence-corrected chi connectivity index (χ4v) is 3.93. The number of hydrogen-bond acceptors (Lipinski definition) is 2. The van der Waals surface area contributed by atoms with Gasteiger partial charge in [-0.2, -0.15) is 8.78 Å². The minimum Gasteiger partial charge on any atom is -0.493 e. The Morgan fingerprint density at radius 3 is 1.66 bits per heavy atom. The lowest BCUT2D eigenvalue weighted by Gasteiger charge is -2.19. The van der Waals surface area contributed by atoms with E-state index in [2.05, 4.69) is 4.74 Å². The van der Waals surface area contributed by atoms with Crippen molar-refractivity contribution in [3.8, 4) is 34.5 Å². The maximum Gasteiger partial charge on any atom is 0.432 e. The molecule has 2 nitrogen and oxygen atoms in total. The van der Waals surface area contributed by atoms with Crippen LogP contribution in [0.1, 0.15) is 36.5 Å². The van der Waals surface area contributed by atoms with Gasteiger partial charge in [-0.05, 0) is 36.2 Å². The number of unbranched alkanes of at least 4 members (excludes halogenated alkanes) is 1. The van der Waals surface area contributed by atoms with Crippen LogP contribution in [0.25, 0.3) is 11.1 Å². The van der Waals surface area contributed by atoms with Crippen molar-refractivity contribution in [2.24, 2.45) is 0 Å². The Labute approximate surface area is 242 Å². The first-order valence-electron chi connectivity index (χ1n) is 12.6. The summed E-state index contributed by atoms with van der Waals surface area (Å²) in [6.45, 7) is 2.07. The van der Waals surface area contributed by atoms with Crippen molar-refractivity contribution < 1.29 is 57.8 Å². The molecule has 0 amide bonds. The van der Waals surface area contributed by atoms with Crippen LogP contribution in [0.2, 0.25) is 0 Å². The number of benzene rings is 4. The Morgan fingerprint density at radius 1 is 0.614 bits per heavy atom. The molecule has 4 aromatic rings. The molecule has 0 unspecified atom stereocenters. The number of hydrogen-bond donors (Lipinski definition) is 0. The van der Waals surface area contributed by atoms with E-state index in [0.29, 0.717) is 18.6 Å². The van der Waals surface area contributed by atoms with Crippen LogP contribution in [-0.2, 0) is 6.11 Å². The molecule has 0 saturated carbocycles. The maximum absolute atomic E-state index is 14.8. The highest BCUT2D eigenvalue weighted by Crippen LogP contribution is 2.36. The molecule has 44 heavy (non-hydrogen) atoms. The summed E-state index contributed by atoms with van der Waals surface area (Å²) in [5.41, 5.74) is -4.98. The van der Waals surface area contributed by atoms with Crippen LogP contribution in [0.3, 0.4) is 0 Å². The van der Waals surface area contributed by atoms with E-state index in [4.69, 9.17) is 4.74 Å². The number of halogens is 11. The molecule has 0 aliphatic rings. The third-order valence-corrected chi connectivity index (χ3v) is 5.98. The molecular weight excluding hydrogens is 613 g/mol. The predicted molar refractivity (Wildman–Crippen MR) is 135 cm³/mol. The van der Waals surface area contributed by atoms with Crippen molar-refractivity contribution in [3.63, 3.8) is 0 Å². The van der Waals surface area contributed by atoms with E-state index in [1.165, 1.54) is 0 Å². The zero-order chi connectivity index (χ0) is 32.3. The van der Waals surface area contributed by atoms with Gasteiger partial charge in [0.05, 0.1) is 17.7 Å². The van der Waals surface area contributed by atoms with Gasteiger partial charge in [0, 0.05) is 29.8 Å². The Hall–Kier alpha value is -4.73. The van der Waals surface area contributed by atoms with Crippen LogP contribution in [0.4, 0.5) is 48.3 Å². The molecule has 0 spiro atoms. The molecule has 13 heteroatoms. The molecule has 0 heterocycles. The largest absolute Gasteiger partial charge is 0.493 e. The summed E-state index contributed by atoms with van der Waals surface area (Å²) in [5.74, 6) is -12.4. The minimum atomic E-state index is -4.87. The van der Waals surface area contributed by atoms with Gasteiger partial charge in [0.25, 0.3) is 0 Å². The van der Waals surface area contributed by atoms with Crippen LogP contribution in [0, 0.1) is 64.2 Å². The first-order valence-corrected chi connectivity index (χ1v) is 12.6. The average Bonchev–Trinajstić information content (AvgIpc) is 2.90. The molecule has 0 saturated heterocycles. The van der Waals surface area contributed by atoms with Gasteiger partial charge < -0.3 is 9.47 Å². The number of ether oxygens (including phenoxy) is 2. The third kappa shape index (κ3) is 6.90. The molecule has 0 aliphatic heterocycles. The normalized spacial score (nSPS) is 11.3. The smallest absolute Gasteiger partial charge is 0.432 e. The van der Waals surface area contributed by atoms with Crippen molar-refractivity contribution in [2.45, 2.75) is 25.9 Å². The van der Waals surface area contributed by atoms with E-state index in [-0.39, 0.29) is 36.6 Å². The molecule has 230 valence electrons. The standard InChI is InChI=1S/C31H17F11O2/c1-2-3-6-43-17-11-22(34)28(23(35)12-17)16-9-20(32)19(21(33)10-16)5-4-15-7-24(36)29(25(37)8-15)31(41,42)44-18-13-26(38)30(40)27(39)14-18/h7-14H,2-3,6H2,1H3. The summed E-state index contributed by atoms with van der Waals surface area (Å²) in [5, 5.41) is 0. The maximum atomic E-state index is 14.8. The Kier molecular flexibility index (Phi) is 9.42. The van der Waals surface area contributed by atoms with Crippen LogP contribution in [0.5, 0.6) is 11.5 Å². The molecule has 0 atom stereocenters. The minimum absolute atomic E-state index is 0.0250. The van der Waals surface area contributed by atoms with Gasteiger partial charge >= 0.3 is 6.11 Å². The van der Waals surface area contributed by atoms with Gasteiger partial charge in [-0.1, -0.05) is 25.2 Å². The first kappa shape index (κ1) is 32.2. The lowest BCUT2D eigenvalue weighted by molar-refractivity contribution is -0.189. The van der Waals surface area contributed by atoms with Gasteiger partial charge in [0.2, 0.25) is 0 Å². The van der Waals surface area contributed by atoms with E-state index >= 15 is 0 Å². The first-order chi connectivity index (χ1) is 20.7. The molecule has 4 aromatic carbocycles. The molecule has 0 bridgehead atoms. The second kappa shape index (κ2) is 12.9. The van der Waals surface area contributed by atoms with Crippen molar-refractivity contribution in [1.82, 2.24) is 0 Å². The Bertz CT molecular complexity index is 1700. The van der Waals surface area contributed by atoms with Crippen molar-refractivity contribution in [3.05, 3.63) is 118 Å². The highest BCUT2D eigenvalue weighted by molar-refractivity contribution is 5.67. The number of alkyl halides is 2. The summed E-state index contributed by atoms with van der Waals surface area (Å²) >= 11 is 0. The molecule has 0 aromatic heterocycles. The van der Waals surface area contributed by atoms with Gasteiger partial charge in [-0.3, -0.25) is 0 Å². The Morgan fingerprint density at radius 2 is 1.14 bits per heavy atom. The van der Waals surface area contributed by atoms with E-state index in [9.17, 15) is 48.3 Å².